The third kappa shape index (κ3) is 2.11. The minimum absolute atomic E-state index is 0.324. The topological polar surface area (TPSA) is 195 Å². The fourth-order valence-corrected chi connectivity index (χ4v) is 4.50. The van der Waals surface area contributed by atoms with Gasteiger partial charge in [0.25, 0.3) is 20.2 Å². The van der Waals surface area contributed by atoms with Crippen LogP contribution >= 0.6 is 0 Å². The Morgan fingerprint density at radius 3 is 1.31 bits per heavy atom. The molecule has 0 bridgehead atoms. The molecule has 2 aromatic carbocycles. The lowest BCUT2D eigenvalue weighted by molar-refractivity contribution is -0.141. The van der Waals surface area contributed by atoms with Gasteiger partial charge >= 0.3 is 0 Å². The van der Waals surface area contributed by atoms with Gasteiger partial charge in [0, 0.05) is 11.1 Å². The van der Waals surface area contributed by atoms with E-state index in [0.29, 0.717) is 10.8 Å². The van der Waals surface area contributed by atoms with Gasteiger partial charge < -0.3 is 11.5 Å². The van der Waals surface area contributed by atoms with E-state index in [1.807, 2.05) is 0 Å². The van der Waals surface area contributed by atoms with Crippen LogP contribution in [0.25, 0.3) is 10.8 Å². The van der Waals surface area contributed by atoms with Crippen LogP contribution in [0.5, 0.6) is 0 Å². The summed E-state index contributed by atoms with van der Waals surface area (Å²) in [5.41, 5.74) is 9.76. The molecule has 1 aliphatic rings. The van der Waals surface area contributed by atoms with E-state index in [4.69, 9.17) is 11.5 Å². The first kappa shape index (κ1) is 18.6. The fourth-order valence-electron chi connectivity index (χ4n) is 2.95. The van der Waals surface area contributed by atoms with Gasteiger partial charge in [0.1, 0.15) is 0 Å². The molecule has 2 unspecified atom stereocenters. The smallest absolute Gasteiger partial charge is 0.296 e. The first-order chi connectivity index (χ1) is 11.8. The number of hydrogen-bond acceptors (Lipinski definition) is 8. The van der Waals surface area contributed by atoms with Crippen molar-refractivity contribution in [3.05, 3.63) is 47.5 Å². The van der Waals surface area contributed by atoms with Gasteiger partial charge in [-0.3, -0.25) is 18.7 Å². The molecule has 0 aromatic heterocycles. The first-order valence-electron chi connectivity index (χ1n) is 6.91. The Morgan fingerprint density at radius 2 is 1.04 bits per heavy atom. The van der Waals surface area contributed by atoms with Gasteiger partial charge in [-0.25, -0.2) is 0 Å². The van der Waals surface area contributed by atoms with E-state index < -0.39 is 52.7 Å². The minimum Gasteiger partial charge on any atom is -0.300 e. The second-order valence-corrected chi connectivity index (χ2v) is 9.01. The van der Waals surface area contributed by atoms with Crippen molar-refractivity contribution >= 4 is 42.6 Å². The van der Waals surface area contributed by atoms with E-state index in [0.717, 1.165) is 12.1 Å². The third-order valence-corrected chi connectivity index (χ3v) is 6.82. The van der Waals surface area contributed by atoms with Gasteiger partial charge in [-0.1, -0.05) is 24.3 Å². The molecule has 26 heavy (non-hydrogen) atoms. The number of carbonyl (C=O) groups excluding carboxylic acids is 2. The molecule has 2 atom stereocenters. The van der Waals surface area contributed by atoms with Crippen LogP contribution in [0.2, 0.25) is 0 Å². The highest BCUT2D eigenvalue weighted by atomic mass is 32.2. The number of rotatable bonds is 2. The van der Waals surface area contributed by atoms with E-state index in [9.17, 15) is 35.5 Å². The number of Topliss-reactive ketones (excluding diaryl/α,β-unsaturated/α-hetero) is 2. The molecule has 0 heterocycles. The normalized spacial score (nSPS) is 26.8. The lowest BCUT2D eigenvalue weighted by Crippen LogP contribution is -2.67. The molecule has 12 heteroatoms. The number of hydrogen-bond donors (Lipinski definition) is 4. The van der Waals surface area contributed by atoms with Crippen LogP contribution in [0.15, 0.2) is 36.4 Å². The predicted molar refractivity (Wildman–Crippen MR) is 88.8 cm³/mol. The predicted octanol–water partition coefficient (Wildman–Crippen LogP) is -1.01. The van der Waals surface area contributed by atoms with Crippen LogP contribution in [-0.2, 0) is 39.6 Å². The Hall–Kier alpha value is -2.22. The Balaban J connectivity index is 2.62. The van der Waals surface area contributed by atoms with E-state index in [2.05, 4.69) is 0 Å². The minimum atomic E-state index is -5.41. The second-order valence-electron chi connectivity index (χ2n) is 5.82. The molecule has 2 aromatic rings. The Bertz CT molecular complexity index is 1110. The Labute approximate surface area is 147 Å². The van der Waals surface area contributed by atoms with Crippen molar-refractivity contribution in [2.24, 2.45) is 11.5 Å². The standard InChI is InChI=1S/C14H12N2O8S2/c15-13(25(19,20)21)9-5-7-3-1-2-4-8(7)6-10(9)14(16,26(22,23)24)12(18)11(13)17/h1-6H,15-16H2,(H,19,20,21)(H,22,23,24). The van der Waals surface area contributed by atoms with Crippen molar-refractivity contribution in [1.29, 1.82) is 0 Å². The average Bonchev–Trinajstić information content (AvgIpc) is 2.54. The molecule has 138 valence electrons. The van der Waals surface area contributed by atoms with Crippen molar-refractivity contribution in [2.75, 3.05) is 0 Å². The molecule has 0 spiro atoms. The van der Waals surface area contributed by atoms with Gasteiger partial charge in [-0.15, -0.1) is 0 Å². The third-order valence-electron chi connectivity index (χ3n) is 4.38. The van der Waals surface area contributed by atoms with Crippen LogP contribution in [0.4, 0.5) is 0 Å². The summed E-state index contributed by atoms with van der Waals surface area (Å²) < 4.78 is 66.3. The number of fused-ring (bicyclic) bond motifs is 2. The highest BCUT2D eigenvalue weighted by Crippen LogP contribution is 2.43. The average molecular weight is 400 g/mol. The molecule has 0 aliphatic heterocycles. The quantitative estimate of drug-likeness (QED) is 0.358. The van der Waals surface area contributed by atoms with Crippen LogP contribution in [0, 0.1) is 0 Å². The van der Waals surface area contributed by atoms with E-state index in [-0.39, 0.29) is 0 Å². The van der Waals surface area contributed by atoms with E-state index in [1.54, 1.807) is 12.1 Å². The lowest BCUT2D eigenvalue weighted by atomic mass is 9.80. The van der Waals surface area contributed by atoms with Crippen LogP contribution in [0.1, 0.15) is 11.1 Å². The summed E-state index contributed by atoms with van der Waals surface area (Å²) in [4.78, 5) is 18.2. The van der Waals surface area contributed by atoms with Crippen LogP contribution in [0.3, 0.4) is 0 Å². The first-order valence-corrected chi connectivity index (χ1v) is 9.79. The number of ketones is 2. The Morgan fingerprint density at radius 1 is 0.731 bits per heavy atom. The van der Waals surface area contributed by atoms with Gasteiger partial charge in [0.2, 0.25) is 21.3 Å². The molecule has 10 nitrogen and oxygen atoms in total. The summed E-state index contributed by atoms with van der Waals surface area (Å²) in [6, 6.07) is 8.16. The molecule has 3 rings (SSSR count). The molecule has 0 fully saturated rings. The van der Waals surface area contributed by atoms with Gasteiger partial charge in [-0.2, -0.15) is 16.8 Å². The van der Waals surface area contributed by atoms with Gasteiger partial charge in [0.15, 0.2) is 0 Å². The largest absolute Gasteiger partial charge is 0.300 e. The maximum Gasteiger partial charge on any atom is 0.296 e. The highest BCUT2D eigenvalue weighted by Gasteiger charge is 2.66. The molecule has 1 aliphatic carbocycles. The maximum atomic E-state index is 12.4. The SMILES string of the molecule is NC1(S(=O)(=O)O)C(=O)C(=O)C(N)(S(=O)(=O)O)c2cc3ccccc3cc21. The molecule has 6 N–H and O–H groups in total. The summed E-state index contributed by atoms with van der Waals surface area (Å²) in [5.74, 6) is -3.97. The van der Waals surface area contributed by atoms with Crippen LogP contribution < -0.4 is 11.5 Å². The lowest BCUT2D eigenvalue weighted by Gasteiger charge is -2.38. The Kier molecular flexibility index (Phi) is 3.68. The van der Waals surface area contributed by atoms with Crippen molar-refractivity contribution in [3.8, 4) is 0 Å². The van der Waals surface area contributed by atoms with Crippen molar-refractivity contribution in [1.82, 2.24) is 0 Å². The zero-order valence-electron chi connectivity index (χ0n) is 12.8. The number of nitrogens with two attached hydrogens (primary N) is 2. The number of carbonyl (C=O) groups is 2. The van der Waals surface area contributed by atoms with Crippen molar-refractivity contribution in [2.45, 2.75) is 9.74 Å². The monoisotopic (exact) mass is 400 g/mol. The van der Waals surface area contributed by atoms with E-state index >= 15 is 0 Å². The van der Waals surface area contributed by atoms with Gasteiger partial charge in [0.05, 0.1) is 0 Å². The maximum absolute atomic E-state index is 12.4. The molecular formula is C14H12N2O8S2. The molecule has 0 saturated heterocycles. The summed E-state index contributed by atoms with van der Waals surface area (Å²) in [5, 5.41) is 0.647. The summed E-state index contributed by atoms with van der Waals surface area (Å²) in [6.45, 7) is 0. The summed E-state index contributed by atoms with van der Waals surface area (Å²) in [6.07, 6.45) is 0. The van der Waals surface area contributed by atoms with Crippen molar-refractivity contribution < 1.29 is 35.5 Å². The number of benzene rings is 2. The van der Waals surface area contributed by atoms with Crippen LogP contribution in [-0.4, -0.2) is 37.5 Å². The molecule has 0 saturated carbocycles. The summed E-state index contributed by atoms with van der Waals surface area (Å²) in [7, 11) is -10.8. The summed E-state index contributed by atoms with van der Waals surface area (Å²) >= 11 is 0. The fraction of sp³-hybridized carbons (Fsp3) is 0.143. The molecule has 0 radical (unpaired) electrons. The van der Waals surface area contributed by atoms with Gasteiger partial charge in [-0.05, 0) is 22.9 Å². The zero-order valence-corrected chi connectivity index (χ0v) is 14.4. The zero-order chi connectivity index (χ0) is 19.7. The highest BCUT2D eigenvalue weighted by molar-refractivity contribution is 7.89. The van der Waals surface area contributed by atoms with Crippen molar-refractivity contribution in [3.63, 3.8) is 0 Å². The molecule has 0 amide bonds. The molecular weight excluding hydrogens is 388 g/mol. The van der Waals surface area contributed by atoms with E-state index in [1.165, 1.54) is 12.1 Å². The second kappa shape index (κ2) is 5.16.